The first-order valence-electron chi connectivity index (χ1n) is 6.30. The van der Waals surface area contributed by atoms with Crippen LogP contribution in [0.1, 0.15) is 18.9 Å². The summed E-state index contributed by atoms with van der Waals surface area (Å²) in [6.45, 7) is 1.72. The molecule has 0 spiro atoms. The highest BCUT2D eigenvalue weighted by Gasteiger charge is 2.20. The third-order valence-electron chi connectivity index (χ3n) is 2.79. The number of carbonyl (C=O) groups is 1. The summed E-state index contributed by atoms with van der Waals surface area (Å²) in [4.78, 5) is 10.5. The van der Waals surface area contributed by atoms with Crippen molar-refractivity contribution in [3.8, 4) is 0 Å². The number of nitrogens with zero attached hydrogens (tertiary/aromatic N) is 1. The summed E-state index contributed by atoms with van der Waals surface area (Å²) in [5.74, 6) is -1.02. The number of nitrogens with one attached hydrogen (secondary N) is 1. The van der Waals surface area contributed by atoms with E-state index < -0.39 is 16.2 Å². The van der Waals surface area contributed by atoms with Gasteiger partial charge < -0.3 is 5.11 Å². The molecule has 0 aliphatic rings. The minimum Gasteiger partial charge on any atom is -0.481 e. The predicted octanol–water partition coefficient (Wildman–Crippen LogP) is 0.858. The quantitative estimate of drug-likeness (QED) is 0.745. The SMILES string of the molecule is CC(Cc1ccccc1)NS(=O)(=O)N(C)CCC(=O)O. The highest BCUT2D eigenvalue weighted by Crippen LogP contribution is 2.05. The van der Waals surface area contributed by atoms with Gasteiger partial charge in [-0.1, -0.05) is 30.3 Å². The predicted molar refractivity (Wildman–Crippen MR) is 76.5 cm³/mol. The second-order valence-corrected chi connectivity index (χ2v) is 6.49. The molecule has 7 heteroatoms. The largest absolute Gasteiger partial charge is 0.481 e. The monoisotopic (exact) mass is 300 g/mol. The van der Waals surface area contributed by atoms with Crippen molar-refractivity contribution >= 4 is 16.2 Å². The third kappa shape index (κ3) is 5.68. The number of aliphatic carboxylic acids is 1. The fourth-order valence-electron chi connectivity index (χ4n) is 1.73. The van der Waals surface area contributed by atoms with Gasteiger partial charge in [0.25, 0.3) is 10.2 Å². The topological polar surface area (TPSA) is 86.7 Å². The Balaban J connectivity index is 2.54. The smallest absolute Gasteiger partial charge is 0.304 e. The Bertz CT molecular complexity index is 531. The van der Waals surface area contributed by atoms with Gasteiger partial charge in [0.05, 0.1) is 6.42 Å². The molecule has 1 atom stereocenters. The van der Waals surface area contributed by atoms with Crippen molar-refractivity contribution < 1.29 is 18.3 Å². The first-order chi connectivity index (χ1) is 9.31. The van der Waals surface area contributed by atoms with Gasteiger partial charge in [0, 0.05) is 19.6 Å². The zero-order valence-electron chi connectivity index (χ0n) is 11.6. The van der Waals surface area contributed by atoms with Gasteiger partial charge in [-0.25, -0.2) is 0 Å². The van der Waals surface area contributed by atoms with Gasteiger partial charge in [-0.2, -0.15) is 17.4 Å². The van der Waals surface area contributed by atoms with E-state index in [1.165, 1.54) is 7.05 Å². The molecule has 0 saturated heterocycles. The summed E-state index contributed by atoms with van der Waals surface area (Å²) in [7, 11) is -2.29. The van der Waals surface area contributed by atoms with Gasteiger partial charge in [0.1, 0.15) is 0 Å². The number of carboxylic acids is 1. The lowest BCUT2D eigenvalue weighted by atomic mass is 10.1. The van der Waals surface area contributed by atoms with Crippen LogP contribution in [-0.2, 0) is 21.4 Å². The van der Waals surface area contributed by atoms with E-state index in [0.717, 1.165) is 9.87 Å². The van der Waals surface area contributed by atoms with Crippen LogP contribution in [0.15, 0.2) is 30.3 Å². The zero-order valence-corrected chi connectivity index (χ0v) is 12.4. The lowest BCUT2D eigenvalue weighted by Gasteiger charge is -2.20. The molecule has 0 radical (unpaired) electrons. The van der Waals surface area contributed by atoms with Crippen LogP contribution in [0.4, 0.5) is 0 Å². The molecule has 0 heterocycles. The summed E-state index contributed by atoms with van der Waals surface area (Å²) in [6, 6.07) is 9.29. The van der Waals surface area contributed by atoms with E-state index in [4.69, 9.17) is 5.11 Å². The molecular formula is C13H20N2O4S. The molecule has 20 heavy (non-hydrogen) atoms. The maximum atomic E-state index is 12.0. The molecule has 0 aromatic heterocycles. The van der Waals surface area contributed by atoms with Crippen molar-refractivity contribution in [2.75, 3.05) is 13.6 Å². The first kappa shape index (κ1) is 16.6. The maximum Gasteiger partial charge on any atom is 0.304 e. The Hall–Kier alpha value is -1.44. The number of hydrogen-bond donors (Lipinski definition) is 2. The minimum absolute atomic E-state index is 0.0529. The van der Waals surface area contributed by atoms with Crippen LogP contribution in [-0.4, -0.2) is 43.4 Å². The van der Waals surface area contributed by atoms with Crippen LogP contribution in [0.5, 0.6) is 0 Å². The van der Waals surface area contributed by atoms with Crippen molar-refractivity contribution in [1.82, 2.24) is 9.03 Å². The van der Waals surface area contributed by atoms with Crippen LogP contribution in [0, 0.1) is 0 Å². The number of carboxylic acid groups (broad SMARTS) is 1. The van der Waals surface area contributed by atoms with E-state index in [-0.39, 0.29) is 19.0 Å². The summed E-state index contributed by atoms with van der Waals surface area (Å²) < 4.78 is 27.5. The molecule has 2 N–H and O–H groups in total. The average molecular weight is 300 g/mol. The highest BCUT2D eigenvalue weighted by molar-refractivity contribution is 7.87. The Kier molecular flexibility index (Phi) is 6.12. The first-order valence-corrected chi connectivity index (χ1v) is 7.74. The van der Waals surface area contributed by atoms with Gasteiger partial charge >= 0.3 is 5.97 Å². The van der Waals surface area contributed by atoms with Gasteiger partial charge in [-0.15, -0.1) is 0 Å². The molecular weight excluding hydrogens is 280 g/mol. The van der Waals surface area contributed by atoms with Crippen molar-refractivity contribution in [3.63, 3.8) is 0 Å². The van der Waals surface area contributed by atoms with Gasteiger partial charge in [-0.05, 0) is 18.9 Å². The number of benzene rings is 1. The summed E-state index contributed by atoms with van der Waals surface area (Å²) in [6.07, 6.45) is 0.358. The molecule has 1 aromatic carbocycles. The van der Waals surface area contributed by atoms with Crippen molar-refractivity contribution in [1.29, 1.82) is 0 Å². The summed E-state index contributed by atoms with van der Waals surface area (Å²) >= 11 is 0. The molecule has 6 nitrogen and oxygen atoms in total. The van der Waals surface area contributed by atoms with Crippen molar-refractivity contribution in [2.45, 2.75) is 25.8 Å². The lowest BCUT2D eigenvalue weighted by Crippen LogP contribution is -2.44. The van der Waals surface area contributed by atoms with E-state index in [0.29, 0.717) is 6.42 Å². The Labute approximate surface area is 119 Å². The molecule has 0 fully saturated rings. The molecule has 0 bridgehead atoms. The summed E-state index contributed by atoms with van der Waals surface area (Å²) in [5, 5.41) is 8.56. The third-order valence-corrected chi connectivity index (χ3v) is 4.49. The number of rotatable bonds is 8. The van der Waals surface area contributed by atoms with Gasteiger partial charge in [0.2, 0.25) is 0 Å². The van der Waals surface area contributed by atoms with E-state index in [1.54, 1.807) is 6.92 Å². The molecule has 0 amide bonds. The second kappa shape index (κ2) is 7.37. The minimum atomic E-state index is -3.66. The average Bonchev–Trinajstić information content (AvgIpc) is 2.36. The van der Waals surface area contributed by atoms with Crippen LogP contribution in [0.2, 0.25) is 0 Å². The Morgan fingerprint density at radius 2 is 1.95 bits per heavy atom. The Morgan fingerprint density at radius 1 is 1.35 bits per heavy atom. The van der Waals surface area contributed by atoms with Gasteiger partial charge in [-0.3, -0.25) is 4.79 Å². The fraction of sp³-hybridized carbons (Fsp3) is 0.462. The standard InChI is InChI=1S/C13H20N2O4S/c1-11(10-12-6-4-3-5-7-12)14-20(18,19)15(2)9-8-13(16)17/h3-7,11,14H,8-10H2,1-2H3,(H,16,17). The molecule has 0 aliphatic heterocycles. The maximum absolute atomic E-state index is 12.0. The molecule has 0 aliphatic carbocycles. The molecule has 112 valence electrons. The molecule has 0 saturated carbocycles. The highest BCUT2D eigenvalue weighted by atomic mass is 32.2. The van der Waals surface area contributed by atoms with Crippen molar-refractivity contribution in [2.24, 2.45) is 0 Å². The Morgan fingerprint density at radius 3 is 2.50 bits per heavy atom. The van der Waals surface area contributed by atoms with Crippen molar-refractivity contribution in [3.05, 3.63) is 35.9 Å². The normalized spacial score (nSPS) is 13.3. The van der Waals surface area contributed by atoms with Crippen LogP contribution >= 0.6 is 0 Å². The van der Waals surface area contributed by atoms with Crippen LogP contribution in [0.3, 0.4) is 0 Å². The van der Waals surface area contributed by atoms with Gasteiger partial charge in [0.15, 0.2) is 0 Å². The molecule has 1 aromatic rings. The lowest BCUT2D eigenvalue weighted by molar-refractivity contribution is -0.137. The molecule has 1 rings (SSSR count). The van der Waals surface area contributed by atoms with Crippen LogP contribution in [0.25, 0.3) is 0 Å². The number of hydrogen-bond acceptors (Lipinski definition) is 3. The van der Waals surface area contributed by atoms with E-state index in [1.807, 2.05) is 30.3 Å². The van der Waals surface area contributed by atoms with E-state index in [2.05, 4.69) is 4.72 Å². The zero-order chi connectivity index (χ0) is 15.2. The van der Waals surface area contributed by atoms with E-state index in [9.17, 15) is 13.2 Å². The summed E-state index contributed by atoms with van der Waals surface area (Å²) in [5.41, 5.74) is 1.04. The van der Waals surface area contributed by atoms with E-state index >= 15 is 0 Å². The van der Waals surface area contributed by atoms with Crippen LogP contribution < -0.4 is 4.72 Å². The fourth-order valence-corrected chi connectivity index (χ4v) is 2.83. The second-order valence-electron chi connectivity index (χ2n) is 4.68. The molecule has 1 unspecified atom stereocenters.